The third-order valence-corrected chi connectivity index (χ3v) is 10.5. The molecule has 0 aromatic heterocycles. The van der Waals surface area contributed by atoms with Crippen molar-refractivity contribution >= 4 is 20.0 Å². The molecule has 0 aliphatic carbocycles. The Kier molecular flexibility index (Phi) is 6.10. The quantitative estimate of drug-likeness (QED) is 0.563. The summed E-state index contributed by atoms with van der Waals surface area (Å²) < 4.78 is 11.9. The van der Waals surface area contributed by atoms with Gasteiger partial charge in [-0.25, -0.2) is 4.79 Å². The van der Waals surface area contributed by atoms with Gasteiger partial charge in [-0.15, -0.1) is 0 Å². The fraction of sp³-hybridized carbons (Fsp3) is 0.588. The summed E-state index contributed by atoms with van der Waals surface area (Å²) >= 11 is 0. The van der Waals surface area contributed by atoms with Gasteiger partial charge in [0.1, 0.15) is 5.75 Å². The highest BCUT2D eigenvalue weighted by Gasteiger charge is 2.47. The number of carbonyl (C=O) groups is 1. The van der Waals surface area contributed by atoms with Crippen molar-refractivity contribution in [2.24, 2.45) is 0 Å². The highest BCUT2D eigenvalue weighted by Crippen LogP contribution is 2.45. The maximum atomic E-state index is 11.2. The number of anilines is 1. The van der Waals surface area contributed by atoms with E-state index in [0.29, 0.717) is 28.1 Å². The van der Waals surface area contributed by atoms with Crippen LogP contribution >= 0.6 is 0 Å². The second kappa shape index (κ2) is 7.25. The lowest BCUT2D eigenvalue weighted by atomic mass is 10.1. The largest absolute Gasteiger partial charge is 0.540 e. The van der Waals surface area contributed by atoms with Gasteiger partial charge in [0.15, 0.2) is 5.75 Å². The Morgan fingerprint density at radius 3 is 1.87 bits per heavy atom. The molecule has 1 aromatic carbocycles. The Morgan fingerprint density at radius 1 is 1.04 bits per heavy atom. The molecule has 1 rings (SSSR count). The van der Waals surface area contributed by atoms with E-state index >= 15 is 0 Å². The van der Waals surface area contributed by atoms with E-state index in [2.05, 4.69) is 41.5 Å². The van der Waals surface area contributed by atoms with E-state index in [-0.39, 0.29) is 11.3 Å². The zero-order valence-corrected chi connectivity index (χ0v) is 16.1. The number of carboxylic acid groups (broad SMARTS) is 1. The van der Waals surface area contributed by atoms with Crippen LogP contribution < -0.4 is 14.9 Å². The SMILES string of the molecule is COc1cc(C(=O)O)c(N)cc1O[Si](C(C)C)(C(C)C)C(C)C. The standard InChI is InChI=1S/C17H29NO4Si/c1-10(2)23(11(3)4,12(5)6)22-16-9-14(18)13(17(19)20)8-15(16)21-7/h8-12H,18H2,1-7H3,(H,19,20). The van der Waals surface area contributed by atoms with E-state index < -0.39 is 14.3 Å². The number of nitrogens with two attached hydrogens (primary N) is 1. The zero-order chi connectivity index (χ0) is 17.9. The van der Waals surface area contributed by atoms with Crippen LogP contribution in [0.1, 0.15) is 51.9 Å². The molecule has 0 aliphatic rings. The molecule has 0 heterocycles. The number of nitrogen functional groups attached to an aromatic ring is 1. The van der Waals surface area contributed by atoms with Gasteiger partial charge in [0.2, 0.25) is 0 Å². The van der Waals surface area contributed by atoms with E-state index in [1.54, 1.807) is 6.07 Å². The number of methoxy groups -OCH3 is 1. The van der Waals surface area contributed by atoms with Crippen LogP contribution in [0.2, 0.25) is 16.6 Å². The smallest absolute Gasteiger partial charge is 0.337 e. The molecule has 5 nitrogen and oxygen atoms in total. The Labute approximate surface area is 139 Å². The Bertz CT molecular complexity index is 548. The predicted octanol–water partition coefficient (Wildman–Crippen LogP) is 4.53. The van der Waals surface area contributed by atoms with Crippen molar-refractivity contribution in [2.75, 3.05) is 12.8 Å². The van der Waals surface area contributed by atoms with Crippen LogP contribution in [0.4, 0.5) is 5.69 Å². The van der Waals surface area contributed by atoms with Crippen molar-refractivity contribution in [3.63, 3.8) is 0 Å². The van der Waals surface area contributed by atoms with Gasteiger partial charge in [0.05, 0.1) is 18.4 Å². The highest BCUT2D eigenvalue weighted by atomic mass is 28.4. The van der Waals surface area contributed by atoms with Crippen molar-refractivity contribution in [3.8, 4) is 11.5 Å². The maximum Gasteiger partial charge on any atom is 0.337 e. The summed E-state index contributed by atoms with van der Waals surface area (Å²) in [5, 5.41) is 9.21. The number of hydrogen-bond donors (Lipinski definition) is 2. The molecule has 0 bridgehead atoms. The lowest BCUT2D eigenvalue weighted by Gasteiger charge is -2.42. The van der Waals surface area contributed by atoms with Crippen LogP contribution in [0.25, 0.3) is 0 Å². The molecule has 3 N–H and O–H groups in total. The predicted molar refractivity (Wildman–Crippen MR) is 96.0 cm³/mol. The summed E-state index contributed by atoms with van der Waals surface area (Å²) in [6.07, 6.45) is 0. The highest BCUT2D eigenvalue weighted by molar-refractivity contribution is 6.78. The second-order valence-corrected chi connectivity index (χ2v) is 12.2. The van der Waals surface area contributed by atoms with Gasteiger partial charge in [0, 0.05) is 12.1 Å². The molecule has 0 unspecified atom stereocenters. The van der Waals surface area contributed by atoms with E-state index in [1.165, 1.54) is 13.2 Å². The molecular weight excluding hydrogens is 310 g/mol. The first-order chi connectivity index (χ1) is 10.6. The summed E-state index contributed by atoms with van der Waals surface area (Å²) in [5.74, 6) is -0.124. The van der Waals surface area contributed by atoms with E-state index in [1.807, 2.05) is 0 Å². The molecule has 130 valence electrons. The fourth-order valence-electron chi connectivity index (χ4n) is 3.54. The first-order valence-electron chi connectivity index (χ1n) is 7.97. The maximum absolute atomic E-state index is 11.2. The lowest BCUT2D eigenvalue weighted by Crippen LogP contribution is -2.50. The number of carboxylic acids is 1. The molecule has 6 heteroatoms. The van der Waals surface area contributed by atoms with E-state index in [9.17, 15) is 9.90 Å². The van der Waals surface area contributed by atoms with Crippen LogP contribution in [0.15, 0.2) is 12.1 Å². The minimum atomic E-state index is -2.17. The number of rotatable bonds is 7. The monoisotopic (exact) mass is 339 g/mol. The molecule has 0 fully saturated rings. The first kappa shape index (κ1) is 19.4. The third kappa shape index (κ3) is 3.63. The zero-order valence-electron chi connectivity index (χ0n) is 15.1. The molecule has 23 heavy (non-hydrogen) atoms. The molecule has 0 amide bonds. The van der Waals surface area contributed by atoms with E-state index in [4.69, 9.17) is 14.9 Å². The Balaban J connectivity index is 3.45. The van der Waals surface area contributed by atoms with E-state index in [0.717, 1.165) is 0 Å². The van der Waals surface area contributed by atoms with Crippen molar-refractivity contribution < 1.29 is 19.1 Å². The molecule has 0 saturated heterocycles. The van der Waals surface area contributed by atoms with Gasteiger partial charge >= 0.3 is 5.97 Å². The molecule has 0 atom stereocenters. The second-order valence-electron chi connectivity index (χ2n) is 6.82. The summed E-state index contributed by atoms with van der Waals surface area (Å²) in [7, 11) is -0.659. The molecule has 1 aromatic rings. The van der Waals surface area contributed by atoms with Crippen LogP contribution in [-0.2, 0) is 0 Å². The molecule has 0 spiro atoms. The fourth-order valence-corrected chi connectivity index (χ4v) is 8.79. The number of ether oxygens (including phenoxy) is 1. The summed E-state index contributed by atoms with van der Waals surface area (Å²) in [4.78, 5) is 11.2. The van der Waals surface area contributed by atoms with Crippen LogP contribution in [0.5, 0.6) is 11.5 Å². The summed E-state index contributed by atoms with van der Waals surface area (Å²) in [6, 6.07) is 3.02. The average Bonchev–Trinajstić information content (AvgIpc) is 2.43. The lowest BCUT2D eigenvalue weighted by molar-refractivity contribution is 0.0697. The molecular formula is C17H29NO4Si. The average molecular weight is 340 g/mol. The normalized spacial score (nSPS) is 12.1. The minimum absolute atomic E-state index is 0.0279. The van der Waals surface area contributed by atoms with Crippen molar-refractivity contribution in [3.05, 3.63) is 17.7 Å². The molecule has 0 saturated carbocycles. The Hall–Kier alpha value is -1.69. The Morgan fingerprint density at radius 2 is 1.52 bits per heavy atom. The summed E-state index contributed by atoms with van der Waals surface area (Å²) in [6.45, 7) is 13.1. The van der Waals surface area contributed by atoms with Gasteiger partial charge in [-0.1, -0.05) is 41.5 Å². The summed E-state index contributed by atoms with van der Waals surface area (Å²) in [5.41, 5.74) is 7.30. The molecule has 0 aliphatic heterocycles. The topological polar surface area (TPSA) is 81.8 Å². The van der Waals surface area contributed by atoms with Crippen molar-refractivity contribution in [1.29, 1.82) is 0 Å². The van der Waals surface area contributed by atoms with Gasteiger partial charge in [-0.3, -0.25) is 0 Å². The van der Waals surface area contributed by atoms with Crippen LogP contribution in [-0.4, -0.2) is 26.5 Å². The number of aromatic carboxylic acids is 1. The van der Waals surface area contributed by atoms with Gasteiger partial charge in [0.25, 0.3) is 8.32 Å². The van der Waals surface area contributed by atoms with Crippen LogP contribution in [0, 0.1) is 0 Å². The van der Waals surface area contributed by atoms with Gasteiger partial charge in [-0.05, 0) is 16.6 Å². The van der Waals surface area contributed by atoms with Gasteiger partial charge in [-0.2, -0.15) is 0 Å². The number of hydrogen-bond acceptors (Lipinski definition) is 4. The minimum Gasteiger partial charge on any atom is -0.540 e. The first-order valence-corrected chi connectivity index (χ1v) is 10.1. The molecule has 0 radical (unpaired) electrons. The van der Waals surface area contributed by atoms with Crippen molar-refractivity contribution in [1.82, 2.24) is 0 Å². The third-order valence-electron chi connectivity index (χ3n) is 4.56. The number of benzene rings is 1. The van der Waals surface area contributed by atoms with Gasteiger partial charge < -0.3 is 20.0 Å². The van der Waals surface area contributed by atoms with Crippen molar-refractivity contribution in [2.45, 2.75) is 58.2 Å². The van der Waals surface area contributed by atoms with Crippen LogP contribution in [0.3, 0.4) is 0 Å².